The third-order valence-electron chi connectivity index (χ3n) is 3.59. The molecule has 5 heteroatoms. The Morgan fingerprint density at radius 3 is 2.84 bits per heavy atom. The van der Waals surface area contributed by atoms with Crippen LogP contribution in [0.1, 0.15) is 5.56 Å². The molecule has 0 unspecified atom stereocenters. The van der Waals surface area contributed by atoms with E-state index in [-0.39, 0.29) is 18.0 Å². The van der Waals surface area contributed by atoms with E-state index in [1.165, 1.54) is 6.07 Å². The van der Waals surface area contributed by atoms with E-state index in [0.29, 0.717) is 25.3 Å². The van der Waals surface area contributed by atoms with Gasteiger partial charge >= 0.3 is 0 Å². The van der Waals surface area contributed by atoms with Gasteiger partial charge in [0.1, 0.15) is 18.0 Å². The smallest absolute Gasteiger partial charge is 0.127 e. The third kappa shape index (κ3) is 3.30. The van der Waals surface area contributed by atoms with Crippen LogP contribution >= 0.6 is 0 Å². The van der Waals surface area contributed by atoms with E-state index in [2.05, 4.69) is 0 Å². The zero-order valence-corrected chi connectivity index (χ0v) is 11.3. The Morgan fingerprint density at radius 1 is 1.42 bits per heavy atom. The van der Waals surface area contributed by atoms with Gasteiger partial charge in [-0.15, -0.1) is 0 Å². The minimum absolute atomic E-state index is 0.196. The molecular formula is C14H20FNO3. The fourth-order valence-electron chi connectivity index (χ4n) is 2.36. The minimum Gasteiger partial charge on any atom is -0.389 e. The largest absolute Gasteiger partial charge is 0.389 e. The highest BCUT2D eigenvalue weighted by atomic mass is 19.1. The van der Waals surface area contributed by atoms with Crippen molar-refractivity contribution in [1.82, 2.24) is 4.90 Å². The summed E-state index contributed by atoms with van der Waals surface area (Å²) >= 11 is 0. The third-order valence-corrected chi connectivity index (χ3v) is 3.59. The van der Waals surface area contributed by atoms with Gasteiger partial charge in [-0.25, -0.2) is 4.39 Å². The van der Waals surface area contributed by atoms with Crippen LogP contribution < -0.4 is 0 Å². The average molecular weight is 269 g/mol. The van der Waals surface area contributed by atoms with Gasteiger partial charge in [0, 0.05) is 19.2 Å². The predicted octanol–water partition coefficient (Wildman–Crippen LogP) is 1.03. The predicted molar refractivity (Wildman–Crippen MR) is 69.3 cm³/mol. The number of nitrogens with zero attached hydrogens (tertiary/aromatic N) is 1. The van der Waals surface area contributed by atoms with E-state index >= 15 is 0 Å². The first-order valence-electron chi connectivity index (χ1n) is 6.35. The summed E-state index contributed by atoms with van der Waals surface area (Å²) in [6, 6.07) is 6.46. The Hall–Kier alpha value is -1.01. The number of likely N-dealkylation sites (N-methyl/N-ethyl adjacent to an activating group) is 1. The second kappa shape index (κ2) is 6.43. The number of hydrogen-bond acceptors (Lipinski definition) is 4. The van der Waals surface area contributed by atoms with Gasteiger partial charge < -0.3 is 14.6 Å². The number of aliphatic hydroxyl groups is 1. The van der Waals surface area contributed by atoms with Crippen LogP contribution in [-0.2, 0) is 16.0 Å². The van der Waals surface area contributed by atoms with Crippen molar-refractivity contribution in [2.45, 2.75) is 24.8 Å². The monoisotopic (exact) mass is 269 g/mol. The van der Waals surface area contributed by atoms with Crippen molar-refractivity contribution >= 4 is 0 Å². The van der Waals surface area contributed by atoms with Crippen molar-refractivity contribution in [3.05, 3.63) is 35.6 Å². The fraction of sp³-hybridized carbons (Fsp3) is 0.571. The molecule has 1 aliphatic rings. The maximum atomic E-state index is 13.6. The van der Waals surface area contributed by atoms with Gasteiger partial charge in [0.15, 0.2) is 0 Å². The first-order chi connectivity index (χ1) is 9.13. The molecule has 0 aromatic heterocycles. The summed E-state index contributed by atoms with van der Waals surface area (Å²) in [5.41, 5.74) is 0.608. The topological polar surface area (TPSA) is 41.9 Å². The van der Waals surface area contributed by atoms with Crippen LogP contribution in [0.3, 0.4) is 0 Å². The van der Waals surface area contributed by atoms with Gasteiger partial charge in [-0.1, -0.05) is 18.2 Å². The maximum absolute atomic E-state index is 13.6. The molecule has 1 saturated heterocycles. The Bertz CT molecular complexity index is 415. The minimum atomic E-state index is -0.629. The molecule has 1 aromatic carbocycles. The van der Waals surface area contributed by atoms with Crippen molar-refractivity contribution in [3.8, 4) is 0 Å². The quantitative estimate of drug-likeness (QED) is 0.886. The fourth-order valence-corrected chi connectivity index (χ4v) is 2.36. The van der Waals surface area contributed by atoms with Crippen LogP contribution in [0.4, 0.5) is 4.39 Å². The van der Waals surface area contributed by atoms with Gasteiger partial charge in [0.25, 0.3) is 0 Å². The van der Waals surface area contributed by atoms with Crippen LogP contribution in [0.15, 0.2) is 24.3 Å². The second-order valence-corrected chi connectivity index (χ2v) is 4.88. The molecule has 19 heavy (non-hydrogen) atoms. The Kier molecular flexibility index (Phi) is 4.87. The lowest BCUT2D eigenvalue weighted by molar-refractivity contribution is -0.142. The highest BCUT2D eigenvalue weighted by molar-refractivity contribution is 5.17. The van der Waals surface area contributed by atoms with Gasteiger partial charge in [-0.05, 0) is 13.1 Å². The Labute approximate surface area is 112 Å². The van der Waals surface area contributed by atoms with Crippen molar-refractivity contribution in [2.75, 3.05) is 27.4 Å². The number of aliphatic hydroxyl groups excluding tert-OH is 1. The maximum Gasteiger partial charge on any atom is 0.127 e. The highest BCUT2D eigenvalue weighted by Gasteiger charge is 2.35. The standard InChI is InChI=1S/C14H20FNO3/c1-16(7-10-5-3-4-6-11(10)15)12-8-19-9-13(18-2)14(12)17/h3-6,12-14,17H,7-9H2,1-2H3/t12-,13-,14+/m1/s1. The molecule has 3 atom stereocenters. The summed E-state index contributed by atoms with van der Waals surface area (Å²) in [5.74, 6) is -0.233. The molecule has 0 spiro atoms. The van der Waals surface area contributed by atoms with Crippen molar-refractivity contribution < 1.29 is 19.0 Å². The lowest BCUT2D eigenvalue weighted by atomic mass is 10.0. The highest BCUT2D eigenvalue weighted by Crippen LogP contribution is 2.18. The molecule has 1 fully saturated rings. The number of benzene rings is 1. The van der Waals surface area contributed by atoms with Gasteiger partial charge in [-0.2, -0.15) is 0 Å². The molecule has 1 N–H and O–H groups in total. The molecule has 1 heterocycles. The molecule has 1 aromatic rings. The zero-order chi connectivity index (χ0) is 13.8. The van der Waals surface area contributed by atoms with Crippen molar-refractivity contribution in [3.63, 3.8) is 0 Å². The van der Waals surface area contributed by atoms with Crippen molar-refractivity contribution in [1.29, 1.82) is 0 Å². The van der Waals surface area contributed by atoms with E-state index < -0.39 is 6.10 Å². The summed E-state index contributed by atoms with van der Waals surface area (Å²) in [7, 11) is 3.40. The van der Waals surface area contributed by atoms with E-state index in [9.17, 15) is 9.50 Å². The first-order valence-corrected chi connectivity index (χ1v) is 6.35. The zero-order valence-electron chi connectivity index (χ0n) is 11.3. The SMILES string of the molecule is CO[C@@H]1COC[C@@H](N(C)Cc2ccccc2F)[C@@H]1O. The number of rotatable bonds is 4. The van der Waals surface area contributed by atoms with Crippen molar-refractivity contribution in [2.24, 2.45) is 0 Å². The lowest BCUT2D eigenvalue weighted by Gasteiger charge is -2.39. The van der Waals surface area contributed by atoms with Crippen LogP contribution in [-0.4, -0.2) is 55.6 Å². The second-order valence-electron chi connectivity index (χ2n) is 4.88. The molecule has 0 amide bonds. The lowest BCUT2D eigenvalue weighted by Crippen LogP contribution is -2.55. The van der Waals surface area contributed by atoms with E-state index in [4.69, 9.17) is 9.47 Å². The van der Waals surface area contributed by atoms with Gasteiger partial charge in [-0.3, -0.25) is 4.90 Å². The molecule has 4 nitrogen and oxygen atoms in total. The molecule has 1 aliphatic heterocycles. The Balaban J connectivity index is 2.03. The van der Waals surface area contributed by atoms with E-state index in [1.54, 1.807) is 25.3 Å². The summed E-state index contributed by atoms with van der Waals surface area (Å²) < 4.78 is 24.2. The van der Waals surface area contributed by atoms with Crippen LogP contribution in [0.25, 0.3) is 0 Å². The number of ether oxygens (including phenoxy) is 2. The summed E-state index contributed by atoms with van der Waals surface area (Å²) in [4.78, 5) is 1.90. The Morgan fingerprint density at radius 2 is 2.16 bits per heavy atom. The molecule has 0 saturated carbocycles. The van der Waals surface area contributed by atoms with E-state index in [1.807, 2.05) is 11.9 Å². The van der Waals surface area contributed by atoms with Crippen LogP contribution in [0.2, 0.25) is 0 Å². The summed E-state index contributed by atoms with van der Waals surface area (Å²) in [5, 5.41) is 10.2. The number of methoxy groups -OCH3 is 1. The molecule has 106 valence electrons. The number of halogens is 1. The van der Waals surface area contributed by atoms with Gasteiger partial charge in [0.2, 0.25) is 0 Å². The molecule has 0 aliphatic carbocycles. The van der Waals surface area contributed by atoms with E-state index in [0.717, 1.165) is 0 Å². The summed E-state index contributed by atoms with van der Waals surface area (Å²) in [6.07, 6.45) is -0.961. The molecule has 0 radical (unpaired) electrons. The van der Waals surface area contributed by atoms with Crippen LogP contribution in [0.5, 0.6) is 0 Å². The summed E-state index contributed by atoms with van der Waals surface area (Å²) in [6.45, 7) is 1.24. The molecule has 2 rings (SSSR count). The average Bonchev–Trinajstić information content (AvgIpc) is 2.41. The molecular weight excluding hydrogens is 249 g/mol. The normalized spacial score (nSPS) is 27.7. The molecule has 0 bridgehead atoms. The first kappa shape index (κ1) is 14.4. The van der Waals surface area contributed by atoms with Gasteiger partial charge in [0.05, 0.1) is 19.3 Å². The number of hydrogen-bond donors (Lipinski definition) is 1. The van der Waals surface area contributed by atoms with Crippen LogP contribution in [0, 0.1) is 5.82 Å².